The summed E-state index contributed by atoms with van der Waals surface area (Å²) in [6.07, 6.45) is 0. The van der Waals surface area contributed by atoms with E-state index in [0.29, 0.717) is 29.2 Å². The van der Waals surface area contributed by atoms with Crippen molar-refractivity contribution in [3.05, 3.63) is 113 Å². The summed E-state index contributed by atoms with van der Waals surface area (Å²) < 4.78 is 26.2. The Morgan fingerprint density at radius 2 is 1.76 bits per heavy atom. The van der Waals surface area contributed by atoms with Crippen molar-refractivity contribution in [3.63, 3.8) is 0 Å². The smallest absolute Gasteiger partial charge is 0.244 e. The molecular weight excluding hydrogens is 419 g/mol. The number of nitrogens with zero attached hydrogens (tertiary/aromatic N) is 2. The maximum Gasteiger partial charge on any atom is 0.244 e. The number of aromatic amines is 1. The number of fused-ring (bicyclic) bond motifs is 1. The van der Waals surface area contributed by atoms with Gasteiger partial charge in [0.05, 0.1) is 17.2 Å². The van der Waals surface area contributed by atoms with E-state index < -0.39 is 11.7 Å². The first-order valence-corrected chi connectivity index (χ1v) is 10.3. The van der Waals surface area contributed by atoms with Gasteiger partial charge in [0.25, 0.3) is 0 Å². The SMILES string of the molecule is N#CC1=C(N)Oc2n[nH]c(-c3ccc(OCc4ccccc4)cc3)c2[C@H]1c1ccccc1F. The minimum atomic E-state index is -0.747. The fourth-order valence-electron chi connectivity index (χ4n) is 3.94. The molecule has 4 aromatic rings. The van der Waals surface area contributed by atoms with Crippen LogP contribution in [0.25, 0.3) is 11.3 Å². The minimum absolute atomic E-state index is 0.0824. The van der Waals surface area contributed by atoms with Gasteiger partial charge in [0.1, 0.15) is 29.8 Å². The van der Waals surface area contributed by atoms with Crippen LogP contribution < -0.4 is 15.2 Å². The first kappa shape index (κ1) is 20.3. The summed E-state index contributed by atoms with van der Waals surface area (Å²) in [5.74, 6) is -0.338. The molecule has 0 aliphatic carbocycles. The topological polar surface area (TPSA) is 97.0 Å². The van der Waals surface area contributed by atoms with E-state index in [2.05, 4.69) is 16.3 Å². The van der Waals surface area contributed by atoms with E-state index in [1.54, 1.807) is 18.2 Å². The molecule has 1 aliphatic heterocycles. The van der Waals surface area contributed by atoms with Crippen molar-refractivity contribution in [1.29, 1.82) is 5.26 Å². The predicted octanol–water partition coefficient (Wildman–Crippen LogP) is 5.01. The van der Waals surface area contributed by atoms with E-state index in [-0.39, 0.29) is 17.3 Å². The molecule has 0 unspecified atom stereocenters. The number of hydrogen-bond acceptors (Lipinski definition) is 5. The van der Waals surface area contributed by atoms with Crippen LogP contribution in [0.2, 0.25) is 0 Å². The Hall–Kier alpha value is -4.57. The van der Waals surface area contributed by atoms with Crippen molar-refractivity contribution in [1.82, 2.24) is 10.2 Å². The van der Waals surface area contributed by atoms with Crippen LogP contribution in [-0.4, -0.2) is 10.2 Å². The standard InChI is InChI=1S/C26H19FN4O2/c27-21-9-5-4-8-19(21)22-20(14-28)25(29)33-26-23(22)24(30-31-26)17-10-12-18(13-11-17)32-15-16-6-2-1-3-7-16/h1-13,22H,15,29H2,(H,30,31)/t22-/m0/s1. The summed E-state index contributed by atoms with van der Waals surface area (Å²) in [6, 6.07) is 25.7. The largest absolute Gasteiger partial charge is 0.489 e. The number of H-pyrrole nitrogens is 1. The zero-order chi connectivity index (χ0) is 22.8. The molecule has 162 valence electrons. The van der Waals surface area contributed by atoms with Gasteiger partial charge in [0, 0.05) is 11.1 Å². The lowest BCUT2D eigenvalue weighted by molar-refractivity contribution is 0.306. The monoisotopic (exact) mass is 438 g/mol. The third-order valence-electron chi connectivity index (χ3n) is 5.55. The highest BCUT2D eigenvalue weighted by Gasteiger charge is 2.36. The maximum atomic E-state index is 14.8. The van der Waals surface area contributed by atoms with Gasteiger partial charge >= 0.3 is 0 Å². The fourth-order valence-corrected chi connectivity index (χ4v) is 3.94. The third kappa shape index (κ3) is 3.79. The first-order chi connectivity index (χ1) is 16.2. The molecule has 0 spiro atoms. The molecule has 1 atom stereocenters. The molecule has 1 aromatic heterocycles. The Bertz CT molecular complexity index is 1370. The van der Waals surface area contributed by atoms with Crippen LogP contribution in [-0.2, 0) is 6.61 Å². The second-order valence-corrected chi connectivity index (χ2v) is 7.56. The molecule has 3 aromatic carbocycles. The molecule has 1 aliphatic rings. The number of ether oxygens (including phenoxy) is 2. The second-order valence-electron chi connectivity index (χ2n) is 7.56. The summed E-state index contributed by atoms with van der Waals surface area (Å²) >= 11 is 0. The molecule has 3 N–H and O–H groups in total. The van der Waals surface area contributed by atoms with Gasteiger partial charge in [0.15, 0.2) is 0 Å². The average molecular weight is 438 g/mol. The number of halogens is 1. The molecule has 0 saturated heterocycles. The molecule has 5 rings (SSSR count). The zero-order valence-corrected chi connectivity index (χ0v) is 17.5. The summed E-state index contributed by atoms with van der Waals surface area (Å²) in [7, 11) is 0. The summed E-state index contributed by atoms with van der Waals surface area (Å²) in [5.41, 5.74) is 9.48. The molecular formula is C26H19FN4O2. The lowest BCUT2D eigenvalue weighted by atomic mass is 9.83. The Morgan fingerprint density at radius 3 is 2.48 bits per heavy atom. The van der Waals surface area contributed by atoms with Crippen LogP contribution >= 0.6 is 0 Å². The quantitative estimate of drug-likeness (QED) is 0.456. The number of allylic oxidation sites excluding steroid dienone is 1. The minimum Gasteiger partial charge on any atom is -0.489 e. The first-order valence-electron chi connectivity index (χ1n) is 10.3. The van der Waals surface area contributed by atoms with Gasteiger partial charge in [-0.15, -0.1) is 5.10 Å². The number of nitriles is 1. The lowest BCUT2D eigenvalue weighted by Crippen LogP contribution is -2.21. The number of nitrogens with one attached hydrogen (secondary N) is 1. The maximum absolute atomic E-state index is 14.8. The molecule has 2 heterocycles. The van der Waals surface area contributed by atoms with Gasteiger partial charge in [0.2, 0.25) is 11.8 Å². The normalized spacial score (nSPS) is 14.8. The van der Waals surface area contributed by atoms with E-state index in [1.165, 1.54) is 6.07 Å². The van der Waals surface area contributed by atoms with Crippen molar-refractivity contribution in [2.75, 3.05) is 0 Å². The molecule has 33 heavy (non-hydrogen) atoms. The van der Waals surface area contributed by atoms with Crippen molar-refractivity contribution < 1.29 is 13.9 Å². The van der Waals surface area contributed by atoms with Crippen LogP contribution in [0.4, 0.5) is 4.39 Å². The zero-order valence-electron chi connectivity index (χ0n) is 17.5. The summed E-state index contributed by atoms with van der Waals surface area (Å²) in [5, 5.41) is 17.0. The van der Waals surface area contributed by atoms with Gasteiger partial charge in [-0.25, -0.2) is 4.39 Å². The molecule has 0 amide bonds. The predicted molar refractivity (Wildman–Crippen MR) is 120 cm³/mol. The van der Waals surface area contributed by atoms with Crippen LogP contribution in [0.5, 0.6) is 11.6 Å². The van der Waals surface area contributed by atoms with Gasteiger partial charge in [-0.05, 0) is 35.9 Å². The Morgan fingerprint density at radius 1 is 1.03 bits per heavy atom. The molecule has 6 nitrogen and oxygen atoms in total. The Balaban J connectivity index is 1.50. The summed E-state index contributed by atoms with van der Waals surface area (Å²) in [4.78, 5) is 0. The number of aromatic nitrogens is 2. The second kappa shape index (κ2) is 8.52. The van der Waals surface area contributed by atoms with Gasteiger partial charge in [-0.3, -0.25) is 5.10 Å². The van der Waals surface area contributed by atoms with Gasteiger partial charge in [-0.1, -0.05) is 48.5 Å². The molecule has 0 saturated carbocycles. The number of rotatable bonds is 5. The summed E-state index contributed by atoms with van der Waals surface area (Å²) in [6.45, 7) is 0.457. The van der Waals surface area contributed by atoms with Crippen molar-refractivity contribution in [2.24, 2.45) is 5.73 Å². The Labute approximate surface area is 189 Å². The lowest BCUT2D eigenvalue weighted by Gasteiger charge is -2.24. The molecule has 0 bridgehead atoms. The van der Waals surface area contributed by atoms with Crippen molar-refractivity contribution >= 4 is 0 Å². The molecule has 7 heteroatoms. The van der Waals surface area contributed by atoms with E-state index in [1.807, 2.05) is 54.6 Å². The fraction of sp³-hybridized carbons (Fsp3) is 0.0769. The van der Waals surface area contributed by atoms with Crippen molar-refractivity contribution in [2.45, 2.75) is 12.5 Å². The number of hydrogen-bond donors (Lipinski definition) is 2. The highest BCUT2D eigenvalue weighted by atomic mass is 19.1. The number of benzene rings is 3. The van der Waals surface area contributed by atoms with Crippen molar-refractivity contribution in [3.8, 4) is 29.0 Å². The average Bonchev–Trinajstić information content (AvgIpc) is 3.26. The number of nitrogens with two attached hydrogens (primary N) is 1. The molecule has 0 radical (unpaired) electrons. The van der Waals surface area contributed by atoms with E-state index >= 15 is 0 Å². The van der Waals surface area contributed by atoms with Gasteiger partial charge < -0.3 is 15.2 Å². The Kier molecular flexibility index (Phi) is 5.25. The van der Waals surface area contributed by atoms with E-state index in [0.717, 1.165) is 11.1 Å². The van der Waals surface area contributed by atoms with Crippen LogP contribution in [0, 0.1) is 17.1 Å². The highest BCUT2D eigenvalue weighted by Crippen LogP contribution is 2.46. The van der Waals surface area contributed by atoms with Crippen LogP contribution in [0.15, 0.2) is 90.3 Å². The van der Waals surface area contributed by atoms with Gasteiger partial charge in [-0.2, -0.15) is 5.26 Å². The molecule has 0 fully saturated rings. The highest BCUT2D eigenvalue weighted by molar-refractivity contribution is 5.71. The van der Waals surface area contributed by atoms with E-state index in [9.17, 15) is 9.65 Å². The third-order valence-corrected chi connectivity index (χ3v) is 5.55. The van der Waals surface area contributed by atoms with E-state index in [4.69, 9.17) is 15.2 Å². The van der Waals surface area contributed by atoms with Crippen LogP contribution in [0.1, 0.15) is 22.6 Å². The van der Waals surface area contributed by atoms with Crippen LogP contribution in [0.3, 0.4) is 0 Å².